The molecule has 7 heteroatoms. The van der Waals surface area contributed by atoms with Crippen molar-refractivity contribution in [1.82, 2.24) is 20.1 Å². The molecule has 29 heavy (non-hydrogen) atoms. The summed E-state index contributed by atoms with van der Waals surface area (Å²) in [7, 11) is 0. The quantitative estimate of drug-likeness (QED) is 0.567. The van der Waals surface area contributed by atoms with Crippen molar-refractivity contribution < 1.29 is 9.18 Å². The van der Waals surface area contributed by atoms with Crippen LogP contribution in [0.15, 0.2) is 59.8 Å². The Kier molecular flexibility index (Phi) is 5.94. The van der Waals surface area contributed by atoms with E-state index in [1.165, 1.54) is 36.7 Å². The van der Waals surface area contributed by atoms with Crippen LogP contribution >= 0.6 is 11.8 Å². The van der Waals surface area contributed by atoms with Crippen LogP contribution in [0.4, 0.5) is 4.39 Å². The molecule has 0 bridgehead atoms. The van der Waals surface area contributed by atoms with Gasteiger partial charge in [0.1, 0.15) is 5.82 Å². The highest BCUT2D eigenvalue weighted by Crippen LogP contribution is 2.32. The Bertz CT molecular complexity index is 970. The highest BCUT2D eigenvalue weighted by Gasteiger charge is 2.29. The third-order valence-electron chi connectivity index (χ3n) is 5.05. The first-order chi connectivity index (χ1) is 14.1. The fourth-order valence-electron chi connectivity index (χ4n) is 3.26. The Balaban J connectivity index is 1.54. The molecular weight excluding hydrogens is 387 g/mol. The molecule has 1 saturated carbocycles. The highest BCUT2D eigenvalue weighted by molar-refractivity contribution is 7.99. The number of rotatable bonds is 8. The molecule has 1 fully saturated rings. The summed E-state index contributed by atoms with van der Waals surface area (Å²) in [4.78, 5) is 12.3. The lowest BCUT2D eigenvalue weighted by atomic mass is 10.2. The van der Waals surface area contributed by atoms with E-state index in [9.17, 15) is 9.18 Å². The maximum absolute atomic E-state index is 13.3. The number of amides is 1. The summed E-state index contributed by atoms with van der Waals surface area (Å²) in [5.74, 6) is 1.28. The van der Waals surface area contributed by atoms with Gasteiger partial charge in [0.25, 0.3) is 0 Å². The fraction of sp³-hybridized carbons (Fsp3) is 0.318. The number of hydrogen-bond acceptors (Lipinski definition) is 4. The minimum atomic E-state index is -0.293. The molecule has 150 valence electrons. The number of nitrogens with zero attached hydrogens (tertiary/aromatic N) is 3. The van der Waals surface area contributed by atoms with Gasteiger partial charge in [-0.2, -0.15) is 0 Å². The van der Waals surface area contributed by atoms with Crippen LogP contribution in [0.1, 0.15) is 25.3 Å². The minimum absolute atomic E-state index is 0.00648. The molecule has 1 aliphatic rings. The third-order valence-corrected chi connectivity index (χ3v) is 6.02. The van der Waals surface area contributed by atoms with E-state index in [0.29, 0.717) is 23.4 Å². The van der Waals surface area contributed by atoms with Crippen molar-refractivity contribution in [3.8, 4) is 11.4 Å². The van der Waals surface area contributed by atoms with E-state index in [2.05, 4.69) is 22.4 Å². The van der Waals surface area contributed by atoms with Gasteiger partial charge in [-0.1, -0.05) is 42.1 Å². The second kappa shape index (κ2) is 8.78. The average Bonchev–Trinajstić information content (AvgIpc) is 3.51. The lowest BCUT2D eigenvalue weighted by Crippen LogP contribution is -2.35. The van der Waals surface area contributed by atoms with Crippen LogP contribution in [0, 0.1) is 11.7 Å². The molecule has 1 heterocycles. The van der Waals surface area contributed by atoms with Gasteiger partial charge in [-0.3, -0.25) is 9.36 Å². The molecule has 1 amide bonds. The number of thioether (sulfide) groups is 1. The van der Waals surface area contributed by atoms with Crippen molar-refractivity contribution >= 4 is 17.7 Å². The van der Waals surface area contributed by atoms with Crippen molar-refractivity contribution in [3.05, 3.63) is 66.0 Å². The van der Waals surface area contributed by atoms with E-state index < -0.39 is 0 Å². The Morgan fingerprint density at radius 2 is 1.90 bits per heavy atom. The normalized spacial score (nSPS) is 14.6. The zero-order valence-electron chi connectivity index (χ0n) is 16.2. The van der Waals surface area contributed by atoms with Crippen molar-refractivity contribution in [2.45, 2.75) is 37.5 Å². The lowest BCUT2D eigenvalue weighted by Gasteiger charge is -2.13. The van der Waals surface area contributed by atoms with Crippen LogP contribution < -0.4 is 5.32 Å². The first-order valence-corrected chi connectivity index (χ1v) is 10.7. The first-order valence-electron chi connectivity index (χ1n) is 9.75. The summed E-state index contributed by atoms with van der Waals surface area (Å²) in [6.45, 7) is 2.63. The molecule has 0 radical (unpaired) electrons. The predicted octanol–water partition coefficient (Wildman–Crippen LogP) is 4.14. The summed E-state index contributed by atoms with van der Waals surface area (Å²) in [5.41, 5.74) is 1.89. The molecular formula is C22H23FN4OS. The van der Waals surface area contributed by atoms with Crippen LogP contribution in [-0.2, 0) is 11.3 Å². The lowest BCUT2D eigenvalue weighted by molar-refractivity contribution is -0.119. The maximum Gasteiger partial charge on any atom is 0.230 e. The minimum Gasteiger partial charge on any atom is -0.353 e. The van der Waals surface area contributed by atoms with Gasteiger partial charge >= 0.3 is 0 Å². The van der Waals surface area contributed by atoms with E-state index in [0.717, 1.165) is 11.1 Å². The van der Waals surface area contributed by atoms with E-state index >= 15 is 0 Å². The zero-order chi connectivity index (χ0) is 20.2. The van der Waals surface area contributed by atoms with Crippen molar-refractivity contribution in [3.63, 3.8) is 0 Å². The van der Waals surface area contributed by atoms with Gasteiger partial charge in [0.15, 0.2) is 11.0 Å². The Hall–Kier alpha value is -2.67. The van der Waals surface area contributed by atoms with Crippen LogP contribution in [0.3, 0.4) is 0 Å². The number of benzene rings is 2. The Labute approximate surface area is 173 Å². The summed E-state index contributed by atoms with van der Waals surface area (Å²) in [5, 5.41) is 12.4. The number of aromatic nitrogens is 3. The van der Waals surface area contributed by atoms with Crippen molar-refractivity contribution in [1.29, 1.82) is 0 Å². The fourth-order valence-corrected chi connectivity index (χ4v) is 4.01. The largest absolute Gasteiger partial charge is 0.353 e. The second-order valence-electron chi connectivity index (χ2n) is 7.37. The van der Waals surface area contributed by atoms with Gasteiger partial charge in [-0.05, 0) is 55.5 Å². The van der Waals surface area contributed by atoms with Gasteiger partial charge in [0, 0.05) is 11.6 Å². The van der Waals surface area contributed by atoms with Crippen molar-refractivity contribution in [2.24, 2.45) is 5.92 Å². The zero-order valence-corrected chi connectivity index (χ0v) is 17.0. The summed E-state index contributed by atoms with van der Waals surface area (Å²) < 4.78 is 15.3. The average molecular weight is 411 g/mol. The molecule has 5 nitrogen and oxygen atoms in total. The molecule has 1 atom stereocenters. The monoisotopic (exact) mass is 410 g/mol. The number of carbonyl (C=O) groups is 1. The number of nitrogens with one attached hydrogen (secondary N) is 1. The van der Waals surface area contributed by atoms with Crippen LogP contribution in [0.5, 0.6) is 0 Å². The number of carbonyl (C=O) groups excluding carboxylic acids is 1. The Morgan fingerprint density at radius 1 is 1.17 bits per heavy atom. The Morgan fingerprint density at radius 3 is 2.59 bits per heavy atom. The van der Waals surface area contributed by atoms with Gasteiger partial charge in [0.05, 0.1) is 12.3 Å². The van der Waals surface area contributed by atoms with E-state index in [1.807, 2.05) is 34.9 Å². The summed E-state index contributed by atoms with van der Waals surface area (Å²) in [6.07, 6.45) is 2.39. The molecule has 0 unspecified atom stereocenters. The van der Waals surface area contributed by atoms with Gasteiger partial charge < -0.3 is 5.32 Å². The second-order valence-corrected chi connectivity index (χ2v) is 8.31. The predicted molar refractivity (Wildman–Crippen MR) is 112 cm³/mol. The smallest absolute Gasteiger partial charge is 0.230 e. The molecule has 4 rings (SSSR count). The van der Waals surface area contributed by atoms with Crippen LogP contribution in [0.25, 0.3) is 11.4 Å². The molecule has 0 aliphatic heterocycles. The molecule has 1 aromatic heterocycles. The van der Waals surface area contributed by atoms with Gasteiger partial charge in [0.2, 0.25) is 5.91 Å². The van der Waals surface area contributed by atoms with Crippen LogP contribution in [0.2, 0.25) is 0 Å². The highest BCUT2D eigenvalue weighted by atomic mass is 32.2. The summed E-state index contributed by atoms with van der Waals surface area (Å²) >= 11 is 1.37. The summed E-state index contributed by atoms with van der Waals surface area (Å²) in [6, 6.07) is 16.4. The third kappa shape index (κ3) is 5.03. The molecule has 3 aromatic rings. The molecule has 0 saturated heterocycles. The van der Waals surface area contributed by atoms with E-state index in [4.69, 9.17) is 0 Å². The standard InChI is InChI=1S/C22H23FN4OS/c1-15(17-7-8-17)24-20(28)14-29-22-26-25-21(18-9-11-19(23)12-10-18)27(22)13-16-5-3-2-4-6-16/h2-6,9-12,15,17H,7-8,13-14H2,1H3,(H,24,28)/t15-/m1/s1. The first kappa shape index (κ1) is 19.6. The van der Waals surface area contributed by atoms with E-state index in [1.54, 1.807) is 12.1 Å². The molecule has 2 aromatic carbocycles. The molecule has 1 N–H and O–H groups in total. The SMILES string of the molecule is C[C@@H](NC(=O)CSc1nnc(-c2ccc(F)cc2)n1Cc1ccccc1)C1CC1. The number of hydrogen-bond donors (Lipinski definition) is 1. The van der Waals surface area contributed by atoms with Crippen molar-refractivity contribution in [2.75, 3.05) is 5.75 Å². The van der Waals surface area contributed by atoms with Crippen LogP contribution in [-0.4, -0.2) is 32.5 Å². The number of halogens is 1. The topological polar surface area (TPSA) is 59.8 Å². The molecule has 0 spiro atoms. The molecule has 1 aliphatic carbocycles. The van der Waals surface area contributed by atoms with E-state index in [-0.39, 0.29) is 23.5 Å². The maximum atomic E-state index is 13.3. The van der Waals surface area contributed by atoms with Gasteiger partial charge in [-0.25, -0.2) is 4.39 Å². The van der Waals surface area contributed by atoms with Gasteiger partial charge in [-0.15, -0.1) is 10.2 Å².